The quantitative estimate of drug-likeness (QED) is 0.491. The van der Waals surface area contributed by atoms with Crippen LogP contribution in [-0.4, -0.2) is 65.6 Å². The maximum Gasteiger partial charge on any atom is 0.257 e. The number of carbonyl (C=O) groups is 1. The predicted octanol–water partition coefficient (Wildman–Crippen LogP) is 3.16. The zero-order valence-corrected chi connectivity index (χ0v) is 18.9. The molecule has 31 heavy (non-hydrogen) atoms. The number of nitrogens with zero attached hydrogens (tertiary/aromatic N) is 3. The number of imidazole rings is 1. The van der Waals surface area contributed by atoms with Crippen LogP contribution in [0.1, 0.15) is 12.8 Å². The molecule has 3 heterocycles. The first-order valence-corrected chi connectivity index (χ1v) is 10.9. The fourth-order valence-electron chi connectivity index (χ4n) is 3.55. The molecular formula is C21H24BrFN6O2. The summed E-state index contributed by atoms with van der Waals surface area (Å²) in [4.78, 5) is 25.8. The minimum absolute atomic E-state index is 0.00829. The van der Waals surface area contributed by atoms with E-state index in [2.05, 4.69) is 53.5 Å². The number of anilines is 1. The summed E-state index contributed by atoms with van der Waals surface area (Å²) >= 11 is 3.59. The number of hydrogen-bond donors (Lipinski definition) is 3. The zero-order valence-electron chi connectivity index (χ0n) is 17.3. The Morgan fingerprint density at radius 1 is 1.39 bits per heavy atom. The van der Waals surface area contributed by atoms with E-state index in [4.69, 9.17) is 4.74 Å². The number of halogens is 2. The van der Waals surface area contributed by atoms with Gasteiger partial charge in [0.15, 0.2) is 23.8 Å². The number of piperidine rings is 1. The highest BCUT2D eigenvalue weighted by Gasteiger charge is 2.20. The number of rotatable bonds is 6. The highest BCUT2D eigenvalue weighted by atomic mass is 79.9. The Bertz CT molecular complexity index is 1100. The summed E-state index contributed by atoms with van der Waals surface area (Å²) in [5.41, 5.74) is 2.78. The molecule has 0 radical (unpaired) electrons. The largest absolute Gasteiger partial charge is 0.481 e. The van der Waals surface area contributed by atoms with Gasteiger partial charge in [-0.15, -0.1) is 0 Å². The maximum atomic E-state index is 14.5. The number of amides is 1. The molecule has 0 aliphatic carbocycles. The number of pyridine rings is 1. The first-order valence-electron chi connectivity index (χ1n) is 10.1. The molecule has 0 atom stereocenters. The zero-order chi connectivity index (χ0) is 22.0. The van der Waals surface area contributed by atoms with Gasteiger partial charge in [-0.3, -0.25) is 4.79 Å². The molecule has 3 aromatic rings. The van der Waals surface area contributed by atoms with E-state index < -0.39 is 5.82 Å². The molecule has 8 nitrogen and oxygen atoms in total. The highest BCUT2D eigenvalue weighted by Crippen LogP contribution is 2.33. The third-order valence-corrected chi connectivity index (χ3v) is 5.98. The van der Waals surface area contributed by atoms with Crippen molar-refractivity contribution in [3.8, 4) is 17.1 Å². The lowest BCUT2D eigenvalue weighted by atomic mass is 10.1. The number of fused-ring (bicyclic) bond motifs is 1. The lowest BCUT2D eigenvalue weighted by Gasteiger charge is -2.30. The van der Waals surface area contributed by atoms with Gasteiger partial charge in [0.1, 0.15) is 11.3 Å². The summed E-state index contributed by atoms with van der Waals surface area (Å²) in [5, 5.41) is 6.04. The Morgan fingerprint density at radius 3 is 2.87 bits per heavy atom. The van der Waals surface area contributed by atoms with E-state index in [1.165, 1.54) is 19.2 Å². The van der Waals surface area contributed by atoms with Crippen LogP contribution in [0.25, 0.3) is 22.6 Å². The lowest BCUT2D eigenvalue weighted by molar-refractivity contribution is -0.122. The Morgan fingerprint density at radius 2 is 2.16 bits per heavy atom. The second kappa shape index (κ2) is 9.19. The number of nitrogens with one attached hydrogen (secondary N) is 3. The van der Waals surface area contributed by atoms with E-state index in [-0.39, 0.29) is 18.3 Å². The molecule has 4 rings (SSSR count). The van der Waals surface area contributed by atoms with Crippen molar-refractivity contribution in [2.45, 2.75) is 18.9 Å². The Balaban J connectivity index is 1.59. The first-order chi connectivity index (χ1) is 14.9. The van der Waals surface area contributed by atoms with Crippen LogP contribution < -0.4 is 15.4 Å². The van der Waals surface area contributed by atoms with Gasteiger partial charge < -0.3 is 25.3 Å². The lowest BCUT2D eigenvalue weighted by Crippen LogP contribution is -2.36. The SMILES string of the molecule is CNC(=O)COc1ccc(-c2nc3ncc(Br)c(NC4CCN(C)CC4)c3[nH]2)cc1F. The third kappa shape index (κ3) is 4.80. The molecule has 0 spiro atoms. The van der Waals surface area contributed by atoms with Crippen molar-refractivity contribution in [3.63, 3.8) is 0 Å². The van der Waals surface area contributed by atoms with Crippen LogP contribution in [0.5, 0.6) is 5.75 Å². The fourth-order valence-corrected chi connectivity index (χ4v) is 3.96. The Kier molecular flexibility index (Phi) is 6.38. The van der Waals surface area contributed by atoms with Gasteiger partial charge in [0.2, 0.25) is 0 Å². The van der Waals surface area contributed by atoms with Crippen LogP contribution in [-0.2, 0) is 4.79 Å². The predicted molar refractivity (Wildman–Crippen MR) is 121 cm³/mol. The van der Waals surface area contributed by atoms with E-state index in [9.17, 15) is 9.18 Å². The number of ether oxygens (including phenoxy) is 1. The van der Waals surface area contributed by atoms with Gasteiger partial charge in [-0.05, 0) is 67.1 Å². The monoisotopic (exact) mass is 490 g/mol. The molecule has 3 N–H and O–H groups in total. The van der Waals surface area contributed by atoms with Gasteiger partial charge in [0.25, 0.3) is 5.91 Å². The molecule has 1 amide bonds. The summed E-state index contributed by atoms with van der Waals surface area (Å²) in [6.45, 7) is 1.85. The molecule has 164 valence electrons. The molecule has 1 aliphatic rings. The summed E-state index contributed by atoms with van der Waals surface area (Å²) < 4.78 is 20.6. The van der Waals surface area contributed by atoms with Crippen molar-refractivity contribution in [3.05, 3.63) is 34.7 Å². The van der Waals surface area contributed by atoms with Crippen molar-refractivity contribution in [2.75, 3.05) is 39.1 Å². The van der Waals surface area contributed by atoms with E-state index in [0.29, 0.717) is 23.1 Å². The summed E-state index contributed by atoms with van der Waals surface area (Å²) in [7, 11) is 3.63. The Hall–Kier alpha value is -2.72. The molecule has 1 saturated heterocycles. The van der Waals surface area contributed by atoms with E-state index >= 15 is 0 Å². The van der Waals surface area contributed by atoms with Crippen LogP contribution in [0.4, 0.5) is 10.1 Å². The summed E-state index contributed by atoms with van der Waals surface area (Å²) in [6, 6.07) is 4.87. The molecule has 1 fully saturated rings. The van der Waals surface area contributed by atoms with E-state index in [0.717, 1.165) is 41.6 Å². The average molecular weight is 491 g/mol. The molecule has 1 aromatic carbocycles. The molecule has 1 aliphatic heterocycles. The van der Waals surface area contributed by atoms with Crippen molar-refractivity contribution in [1.29, 1.82) is 0 Å². The minimum atomic E-state index is -0.569. The van der Waals surface area contributed by atoms with Gasteiger partial charge in [0.05, 0.1) is 10.2 Å². The first kappa shape index (κ1) is 21.5. The van der Waals surface area contributed by atoms with Crippen molar-refractivity contribution < 1.29 is 13.9 Å². The summed E-state index contributed by atoms with van der Waals surface area (Å²) in [5.74, 6) is -0.388. The molecule has 2 aromatic heterocycles. The second-order valence-corrected chi connectivity index (χ2v) is 8.45. The van der Waals surface area contributed by atoms with Crippen LogP contribution in [0.15, 0.2) is 28.9 Å². The molecule has 0 saturated carbocycles. The average Bonchev–Trinajstić information content (AvgIpc) is 3.20. The third-order valence-electron chi connectivity index (χ3n) is 5.38. The maximum absolute atomic E-state index is 14.5. The standard InChI is InChI=1S/C21H24BrFN6O2/c1-24-17(30)11-31-16-4-3-12(9-15(16)23)20-27-19-18(14(22)10-25-21(19)28-20)26-13-5-7-29(2)8-6-13/h3-4,9-10,13H,5-8,11H2,1-2H3,(H,24,30)(H2,25,26,27,28). The number of benzene rings is 1. The van der Waals surface area contributed by atoms with Crippen molar-refractivity contribution >= 4 is 38.7 Å². The van der Waals surface area contributed by atoms with Crippen LogP contribution >= 0.6 is 15.9 Å². The van der Waals surface area contributed by atoms with Crippen LogP contribution in [0.2, 0.25) is 0 Å². The van der Waals surface area contributed by atoms with Crippen molar-refractivity contribution in [1.82, 2.24) is 25.2 Å². The van der Waals surface area contributed by atoms with E-state index in [1.54, 1.807) is 12.3 Å². The highest BCUT2D eigenvalue weighted by molar-refractivity contribution is 9.10. The smallest absolute Gasteiger partial charge is 0.257 e. The number of likely N-dealkylation sites (tertiary alicyclic amines) is 1. The van der Waals surface area contributed by atoms with E-state index in [1.807, 2.05) is 0 Å². The van der Waals surface area contributed by atoms with Gasteiger partial charge in [0, 0.05) is 24.8 Å². The molecule has 0 bridgehead atoms. The number of carbonyl (C=O) groups excluding carboxylic acids is 1. The number of hydrogen-bond acceptors (Lipinski definition) is 6. The van der Waals surface area contributed by atoms with Gasteiger partial charge in [-0.25, -0.2) is 14.4 Å². The number of likely N-dealkylation sites (N-methyl/N-ethyl adjacent to an activating group) is 1. The minimum Gasteiger partial charge on any atom is -0.481 e. The topological polar surface area (TPSA) is 95.2 Å². The summed E-state index contributed by atoms with van der Waals surface area (Å²) in [6.07, 6.45) is 3.83. The van der Waals surface area contributed by atoms with Crippen molar-refractivity contribution in [2.24, 2.45) is 0 Å². The van der Waals surface area contributed by atoms with Crippen LogP contribution in [0, 0.1) is 5.82 Å². The number of aromatic nitrogens is 3. The molecule has 0 unspecified atom stereocenters. The number of aromatic amines is 1. The molecular weight excluding hydrogens is 467 g/mol. The Labute approximate surface area is 187 Å². The fraction of sp³-hybridized carbons (Fsp3) is 0.381. The number of H-pyrrole nitrogens is 1. The van der Waals surface area contributed by atoms with Gasteiger partial charge >= 0.3 is 0 Å². The molecule has 10 heteroatoms. The second-order valence-electron chi connectivity index (χ2n) is 7.59. The van der Waals surface area contributed by atoms with Gasteiger partial charge in [-0.2, -0.15) is 0 Å². The van der Waals surface area contributed by atoms with Crippen LogP contribution in [0.3, 0.4) is 0 Å². The normalized spacial score (nSPS) is 15.2. The van der Waals surface area contributed by atoms with Gasteiger partial charge in [-0.1, -0.05) is 0 Å².